The van der Waals surface area contributed by atoms with E-state index < -0.39 is 0 Å². The summed E-state index contributed by atoms with van der Waals surface area (Å²) in [4.78, 5) is 28.0. The lowest BCUT2D eigenvalue weighted by Crippen LogP contribution is -2.44. The number of carbonyl (C=O) groups excluding carboxylic acids is 2. The third kappa shape index (κ3) is 7.34. The Morgan fingerprint density at radius 2 is 1.71 bits per heavy atom. The number of benzene rings is 1. The van der Waals surface area contributed by atoms with Gasteiger partial charge >= 0.3 is 0 Å². The minimum atomic E-state index is -0.0454. The second-order valence-corrected chi connectivity index (χ2v) is 10.9. The number of rotatable bonds is 6. The molecule has 31 heavy (non-hydrogen) atoms. The van der Waals surface area contributed by atoms with Crippen LogP contribution in [-0.4, -0.2) is 28.8 Å². The minimum Gasteiger partial charge on any atom is -0.335 e. The molecular formula is C26H41N3O2. The molecule has 0 aromatic heterocycles. The summed E-state index contributed by atoms with van der Waals surface area (Å²) in [6, 6.07) is 8.53. The quantitative estimate of drug-likeness (QED) is 0.652. The first-order chi connectivity index (χ1) is 14.7. The van der Waals surface area contributed by atoms with Crippen LogP contribution in [0.5, 0.6) is 0 Å². The average molecular weight is 428 g/mol. The van der Waals surface area contributed by atoms with E-state index in [-0.39, 0.29) is 35.2 Å². The Morgan fingerprint density at radius 1 is 1.03 bits per heavy atom. The van der Waals surface area contributed by atoms with E-state index in [1.165, 1.54) is 6.42 Å². The highest BCUT2D eigenvalue weighted by molar-refractivity contribution is 5.92. The van der Waals surface area contributed by atoms with Gasteiger partial charge in [-0.25, -0.2) is 0 Å². The van der Waals surface area contributed by atoms with Crippen LogP contribution in [0.1, 0.15) is 90.5 Å². The predicted molar refractivity (Wildman–Crippen MR) is 127 cm³/mol. The van der Waals surface area contributed by atoms with Gasteiger partial charge in [0, 0.05) is 36.7 Å². The van der Waals surface area contributed by atoms with Gasteiger partial charge in [-0.05, 0) is 61.6 Å². The first kappa shape index (κ1) is 23.8. The van der Waals surface area contributed by atoms with Crippen molar-refractivity contribution >= 4 is 17.5 Å². The van der Waals surface area contributed by atoms with Crippen LogP contribution in [-0.2, 0) is 16.1 Å². The molecule has 0 heterocycles. The van der Waals surface area contributed by atoms with Gasteiger partial charge < -0.3 is 16.0 Å². The topological polar surface area (TPSA) is 75.4 Å². The van der Waals surface area contributed by atoms with Crippen LogP contribution in [0.3, 0.4) is 0 Å². The Morgan fingerprint density at radius 3 is 2.35 bits per heavy atom. The fourth-order valence-electron chi connectivity index (χ4n) is 4.94. The molecule has 3 N–H and O–H groups in total. The molecule has 2 aliphatic rings. The van der Waals surface area contributed by atoms with Crippen molar-refractivity contribution in [3.8, 4) is 0 Å². The molecule has 0 atom stereocenters. The lowest BCUT2D eigenvalue weighted by molar-refractivity contribution is -0.137. The van der Waals surface area contributed by atoms with Crippen LogP contribution in [0.25, 0.3) is 0 Å². The standard InChI is InChI=1S/C26H41N3O2/c1-26(2,3)17-24(30)29(23-14-12-21(27)13-15-23)18-19-8-7-11-22(16-19)28-25(31)20-9-5-4-6-10-20/h7-8,11,16,20-21,23H,4-6,9-10,12-15,17-18,27H2,1-3H3,(H,28,31). The zero-order chi connectivity index (χ0) is 22.4. The summed E-state index contributed by atoms with van der Waals surface area (Å²) in [5, 5.41) is 3.12. The van der Waals surface area contributed by atoms with Crippen molar-refractivity contribution in [1.82, 2.24) is 4.90 Å². The molecule has 5 heteroatoms. The molecule has 172 valence electrons. The van der Waals surface area contributed by atoms with Gasteiger partial charge in [0.15, 0.2) is 0 Å². The van der Waals surface area contributed by atoms with Crippen molar-refractivity contribution in [2.45, 2.75) is 104 Å². The summed E-state index contributed by atoms with van der Waals surface area (Å²) in [5.74, 6) is 0.483. The van der Waals surface area contributed by atoms with Gasteiger partial charge in [-0.2, -0.15) is 0 Å². The number of hydrogen-bond donors (Lipinski definition) is 2. The number of carbonyl (C=O) groups is 2. The van der Waals surface area contributed by atoms with Crippen LogP contribution in [0.4, 0.5) is 5.69 Å². The highest BCUT2D eigenvalue weighted by atomic mass is 16.2. The van der Waals surface area contributed by atoms with Crippen LogP contribution in [0, 0.1) is 11.3 Å². The van der Waals surface area contributed by atoms with Gasteiger partial charge in [-0.1, -0.05) is 52.2 Å². The molecule has 0 spiro atoms. The number of nitrogens with two attached hydrogens (primary N) is 1. The highest BCUT2D eigenvalue weighted by Gasteiger charge is 2.30. The monoisotopic (exact) mass is 427 g/mol. The zero-order valence-electron chi connectivity index (χ0n) is 19.7. The van der Waals surface area contributed by atoms with Crippen molar-refractivity contribution in [3.05, 3.63) is 29.8 Å². The highest BCUT2D eigenvalue weighted by Crippen LogP contribution is 2.29. The fraction of sp³-hybridized carbons (Fsp3) is 0.692. The number of hydrogen-bond acceptors (Lipinski definition) is 3. The molecule has 1 aromatic rings. The summed E-state index contributed by atoms with van der Waals surface area (Å²) >= 11 is 0. The minimum absolute atomic E-state index is 0.0454. The van der Waals surface area contributed by atoms with E-state index in [1.54, 1.807) is 0 Å². The predicted octanol–water partition coefficient (Wildman–Crippen LogP) is 5.24. The summed E-state index contributed by atoms with van der Waals surface area (Å²) in [6.07, 6.45) is 9.93. The van der Waals surface area contributed by atoms with E-state index in [0.29, 0.717) is 13.0 Å². The Balaban J connectivity index is 1.70. The Hall–Kier alpha value is -1.88. The maximum Gasteiger partial charge on any atom is 0.227 e. The van der Waals surface area contributed by atoms with Crippen LogP contribution < -0.4 is 11.1 Å². The zero-order valence-corrected chi connectivity index (χ0v) is 19.7. The van der Waals surface area contributed by atoms with Gasteiger partial charge in [0.25, 0.3) is 0 Å². The molecule has 3 rings (SSSR count). The molecule has 0 aliphatic heterocycles. The van der Waals surface area contributed by atoms with Gasteiger partial charge in [0.2, 0.25) is 11.8 Å². The van der Waals surface area contributed by atoms with Crippen molar-refractivity contribution in [1.29, 1.82) is 0 Å². The van der Waals surface area contributed by atoms with E-state index in [4.69, 9.17) is 5.73 Å². The first-order valence-corrected chi connectivity index (χ1v) is 12.2. The summed E-state index contributed by atoms with van der Waals surface area (Å²) in [7, 11) is 0. The van der Waals surface area contributed by atoms with Crippen molar-refractivity contribution in [2.75, 3.05) is 5.32 Å². The van der Waals surface area contributed by atoms with Gasteiger partial charge in [0.1, 0.15) is 0 Å². The van der Waals surface area contributed by atoms with Crippen molar-refractivity contribution in [3.63, 3.8) is 0 Å². The van der Waals surface area contributed by atoms with E-state index >= 15 is 0 Å². The van der Waals surface area contributed by atoms with Gasteiger partial charge in [-0.15, -0.1) is 0 Å². The molecule has 0 bridgehead atoms. The van der Waals surface area contributed by atoms with Crippen molar-refractivity contribution in [2.24, 2.45) is 17.1 Å². The van der Waals surface area contributed by atoms with Crippen LogP contribution in [0.15, 0.2) is 24.3 Å². The average Bonchev–Trinajstić information content (AvgIpc) is 2.72. The lowest BCUT2D eigenvalue weighted by atomic mass is 9.88. The maximum atomic E-state index is 13.2. The Kier molecular flexibility index (Phi) is 8.15. The van der Waals surface area contributed by atoms with E-state index in [9.17, 15) is 9.59 Å². The number of anilines is 1. The molecule has 5 nitrogen and oxygen atoms in total. The van der Waals surface area contributed by atoms with E-state index in [0.717, 1.165) is 62.6 Å². The summed E-state index contributed by atoms with van der Waals surface area (Å²) in [5.41, 5.74) is 7.97. The molecule has 0 saturated heterocycles. The summed E-state index contributed by atoms with van der Waals surface area (Å²) in [6.45, 7) is 6.92. The third-order valence-corrected chi connectivity index (χ3v) is 6.71. The largest absolute Gasteiger partial charge is 0.335 e. The van der Waals surface area contributed by atoms with Crippen LogP contribution in [0.2, 0.25) is 0 Å². The second-order valence-electron chi connectivity index (χ2n) is 10.9. The molecular weight excluding hydrogens is 386 g/mol. The molecule has 2 amide bonds. The summed E-state index contributed by atoms with van der Waals surface area (Å²) < 4.78 is 0. The second kappa shape index (κ2) is 10.6. The lowest BCUT2D eigenvalue weighted by Gasteiger charge is -2.37. The SMILES string of the molecule is CC(C)(C)CC(=O)N(Cc1cccc(NC(=O)C2CCCCC2)c1)C1CCC(N)CC1. The maximum absolute atomic E-state index is 13.2. The number of amides is 2. The van der Waals surface area contributed by atoms with E-state index in [1.807, 2.05) is 18.2 Å². The normalized spacial score (nSPS) is 22.7. The van der Waals surface area contributed by atoms with Crippen LogP contribution >= 0.6 is 0 Å². The van der Waals surface area contributed by atoms with E-state index in [2.05, 4.69) is 37.1 Å². The smallest absolute Gasteiger partial charge is 0.227 e. The molecule has 2 saturated carbocycles. The number of nitrogens with zero attached hydrogens (tertiary/aromatic N) is 1. The van der Waals surface area contributed by atoms with Gasteiger partial charge in [-0.3, -0.25) is 9.59 Å². The van der Waals surface area contributed by atoms with Crippen molar-refractivity contribution < 1.29 is 9.59 Å². The molecule has 1 aromatic carbocycles. The molecule has 0 radical (unpaired) electrons. The Bertz CT molecular complexity index is 741. The Labute approximate surface area is 188 Å². The fourth-order valence-corrected chi connectivity index (χ4v) is 4.94. The van der Waals surface area contributed by atoms with Gasteiger partial charge in [0.05, 0.1) is 0 Å². The molecule has 0 unspecified atom stereocenters. The number of nitrogens with one attached hydrogen (secondary N) is 1. The molecule has 2 aliphatic carbocycles. The third-order valence-electron chi connectivity index (χ3n) is 6.71. The first-order valence-electron chi connectivity index (χ1n) is 12.2. The molecule has 2 fully saturated rings.